The maximum Gasteiger partial charge on any atom is 0.236 e. The van der Waals surface area contributed by atoms with Gasteiger partial charge >= 0.3 is 0 Å². The minimum absolute atomic E-state index is 0.0310. The number of hydrogen-bond acceptors (Lipinski definition) is 3. The van der Waals surface area contributed by atoms with Crippen molar-refractivity contribution in [2.75, 3.05) is 13.2 Å². The van der Waals surface area contributed by atoms with E-state index in [0.29, 0.717) is 13.2 Å². The summed E-state index contributed by atoms with van der Waals surface area (Å²) >= 11 is 0. The number of ether oxygens (including phenoxy) is 1. The maximum atomic E-state index is 11.0. The van der Waals surface area contributed by atoms with Crippen molar-refractivity contribution in [2.24, 2.45) is 5.73 Å². The lowest BCUT2D eigenvalue weighted by Gasteiger charge is -2.14. The molecule has 0 saturated carbocycles. The molecule has 1 unspecified atom stereocenters. The van der Waals surface area contributed by atoms with Crippen molar-refractivity contribution in [3.05, 3.63) is 0 Å². The molecule has 0 aliphatic heterocycles. The van der Waals surface area contributed by atoms with Gasteiger partial charge in [0.2, 0.25) is 5.91 Å². The van der Waals surface area contributed by atoms with Crippen LogP contribution in [-0.2, 0) is 9.53 Å². The van der Waals surface area contributed by atoms with E-state index >= 15 is 0 Å². The number of hydrogen-bond donors (Lipinski definition) is 2. The summed E-state index contributed by atoms with van der Waals surface area (Å²) in [6.07, 6.45) is 0. The molecule has 3 N–H and O–H groups in total. The Morgan fingerprint density at radius 2 is 2.17 bits per heavy atom. The summed E-state index contributed by atoms with van der Waals surface area (Å²) in [5, 5.41) is 2.73. The molecule has 0 rings (SSSR count). The lowest BCUT2D eigenvalue weighted by Crippen LogP contribution is -2.44. The molecule has 0 aliphatic carbocycles. The van der Waals surface area contributed by atoms with Gasteiger partial charge in [-0.05, 0) is 20.8 Å². The van der Waals surface area contributed by atoms with Crippen molar-refractivity contribution in [1.82, 2.24) is 5.32 Å². The van der Waals surface area contributed by atoms with E-state index in [0.717, 1.165) is 0 Å². The van der Waals surface area contributed by atoms with Gasteiger partial charge in [0.15, 0.2) is 0 Å². The highest BCUT2D eigenvalue weighted by atomic mass is 16.5. The SMILES string of the molecule is CCOCC(C)NC(=O)[C@@H](C)N. The zero-order chi connectivity index (χ0) is 9.56. The number of carbonyl (C=O) groups excluding carboxylic acids is 1. The Balaban J connectivity index is 3.54. The molecule has 0 aromatic heterocycles. The smallest absolute Gasteiger partial charge is 0.236 e. The van der Waals surface area contributed by atoms with E-state index in [1.54, 1.807) is 6.92 Å². The highest BCUT2D eigenvalue weighted by Crippen LogP contribution is 1.85. The molecule has 0 bridgehead atoms. The topological polar surface area (TPSA) is 64.3 Å². The van der Waals surface area contributed by atoms with Gasteiger partial charge in [0.05, 0.1) is 12.6 Å². The van der Waals surface area contributed by atoms with E-state index in [9.17, 15) is 4.79 Å². The van der Waals surface area contributed by atoms with Crippen molar-refractivity contribution in [2.45, 2.75) is 32.9 Å². The van der Waals surface area contributed by atoms with Crippen LogP contribution in [0.3, 0.4) is 0 Å². The van der Waals surface area contributed by atoms with Gasteiger partial charge in [-0.2, -0.15) is 0 Å². The van der Waals surface area contributed by atoms with Crippen molar-refractivity contribution < 1.29 is 9.53 Å². The third-order valence-electron chi connectivity index (χ3n) is 1.37. The van der Waals surface area contributed by atoms with Crippen LogP contribution < -0.4 is 11.1 Å². The predicted octanol–water partition coefficient (Wildman–Crippen LogP) is -0.125. The van der Waals surface area contributed by atoms with Crippen LogP contribution >= 0.6 is 0 Å². The molecule has 0 saturated heterocycles. The van der Waals surface area contributed by atoms with Crippen LogP contribution in [0, 0.1) is 0 Å². The number of rotatable bonds is 5. The second kappa shape index (κ2) is 5.97. The Morgan fingerprint density at radius 3 is 2.58 bits per heavy atom. The Labute approximate surface area is 73.5 Å². The average molecular weight is 174 g/mol. The maximum absolute atomic E-state index is 11.0. The fraction of sp³-hybridized carbons (Fsp3) is 0.875. The predicted molar refractivity (Wildman–Crippen MR) is 47.7 cm³/mol. The fourth-order valence-electron chi connectivity index (χ4n) is 0.711. The minimum atomic E-state index is -0.450. The normalized spacial score (nSPS) is 15.3. The highest BCUT2D eigenvalue weighted by Gasteiger charge is 2.10. The van der Waals surface area contributed by atoms with Crippen LogP contribution in [0.2, 0.25) is 0 Å². The minimum Gasteiger partial charge on any atom is -0.380 e. The molecule has 0 aromatic carbocycles. The summed E-state index contributed by atoms with van der Waals surface area (Å²) in [7, 11) is 0. The molecular formula is C8H18N2O2. The van der Waals surface area contributed by atoms with Gasteiger partial charge in [-0.15, -0.1) is 0 Å². The largest absolute Gasteiger partial charge is 0.380 e. The van der Waals surface area contributed by atoms with Crippen LogP contribution in [0.15, 0.2) is 0 Å². The van der Waals surface area contributed by atoms with E-state index in [1.807, 2.05) is 13.8 Å². The standard InChI is InChI=1S/C8H18N2O2/c1-4-12-5-6(2)10-8(11)7(3)9/h6-7H,4-5,9H2,1-3H3,(H,10,11)/t6?,7-/m1/s1. The molecule has 2 atom stereocenters. The first kappa shape index (κ1) is 11.4. The second-order valence-corrected chi connectivity index (χ2v) is 2.86. The summed E-state index contributed by atoms with van der Waals surface area (Å²) in [6.45, 7) is 6.66. The van der Waals surface area contributed by atoms with Gasteiger partial charge in [-0.1, -0.05) is 0 Å². The zero-order valence-electron chi connectivity index (χ0n) is 7.96. The van der Waals surface area contributed by atoms with E-state index in [1.165, 1.54) is 0 Å². The molecule has 0 heterocycles. The summed E-state index contributed by atoms with van der Waals surface area (Å²) in [6, 6.07) is -0.419. The first-order valence-electron chi connectivity index (χ1n) is 4.21. The van der Waals surface area contributed by atoms with Gasteiger partial charge in [0, 0.05) is 12.6 Å². The zero-order valence-corrected chi connectivity index (χ0v) is 7.96. The summed E-state index contributed by atoms with van der Waals surface area (Å²) in [4.78, 5) is 11.0. The molecular weight excluding hydrogens is 156 g/mol. The van der Waals surface area contributed by atoms with Gasteiger partial charge < -0.3 is 15.8 Å². The van der Waals surface area contributed by atoms with Crippen LogP contribution in [0.25, 0.3) is 0 Å². The number of nitrogens with two attached hydrogens (primary N) is 1. The van der Waals surface area contributed by atoms with Gasteiger partial charge in [-0.25, -0.2) is 0 Å². The van der Waals surface area contributed by atoms with E-state index in [4.69, 9.17) is 10.5 Å². The highest BCUT2D eigenvalue weighted by molar-refractivity contribution is 5.81. The number of amides is 1. The molecule has 4 nitrogen and oxygen atoms in total. The van der Waals surface area contributed by atoms with Crippen molar-refractivity contribution >= 4 is 5.91 Å². The molecule has 4 heteroatoms. The Hall–Kier alpha value is -0.610. The lowest BCUT2D eigenvalue weighted by atomic mass is 10.3. The first-order valence-corrected chi connectivity index (χ1v) is 4.21. The Morgan fingerprint density at radius 1 is 1.58 bits per heavy atom. The van der Waals surface area contributed by atoms with Crippen LogP contribution in [0.4, 0.5) is 0 Å². The van der Waals surface area contributed by atoms with Crippen LogP contribution in [0.5, 0.6) is 0 Å². The van der Waals surface area contributed by atoms with Crippen molar-refractivity contribution in [3.63, 3.8) is 0 Å². The van der Waals surface area contributed by atoms with E-state index < -0.39 is 6.04 Å². The van der Waals surface area contributed by atoms with Crippen LogP contribution in [0.1, 0.15) is 20.8 Å². The van der Waals surface area contributed by atoms with Gasteiger partial charge in [0.1, 0.15) is 0 Å². The quantitative estimate of drug-likeness (QED) is 0.610. The summed E-state index contributed by atoms with van der Waals surface area (Å²) < 4.78 is 5.12. The summed E-state index contributed by atoms with van der Waals surface area (Å²) in [5.74, 6) is -0.137. The number of nitrogens with one attached hydrogen (secondary N) is 1. The Kier molecular flexibility index (Phi) is 5.66. The lowest BCUT2D eigenvalue weighted by molar-refractivity contribution is -0.123. The molecule has 12 heavy (non-hydrogen) atoms. The van der Waals surface area contributed by atoms with Gasteiger partial charge in [0.25, 0.3) is 0 Å². The molecule has 1 amide bonds. The van der Waals surface area contributed by atoms with Crippen molar-refractivity contribution in [3.8, 4) is 0 Å². The molecule has 0 spiro atoms. The van der Waals surface area contributed by atoms with E-state index in [-0.39, 0.29) is 11.9 Å². The fourth-order valence-corrected chi connectivity index (χ4v) is 0.711. The third-order valence-corrected chi connectivity index (χ3v) is 1.37. The molecule has 0 fully saturated rings. The van der Waals surface area contributed by atoms with Crippen LogP contribution in [-0.4, -0.2) is 31.2 Å². The monoisotopic (exact) mass is 174 g/mol. The molecule has 0 aliphatic rings. The second-order valence-electron chi connectivity index (χ2n) is 2.86. The summed E-state index contributed by atoms with van der Waals surface area (Å²) in [5.41, 5.74) is 5.36. The van der Waals surface area contributed by atoms with Gasteiger partial charge in [-0.3, -0.25) is 4.79 Å². The van der Waals surface area contributed by atoms with Crippen molar-refractivity contribution in [1.29, 1.82) is 0 Å². The molecule has 0 radical (unpaired) electrons. The average Bonchev–Trinajstić information content (AvgIpc) is 2.00. The molecule has 72 valence electrons. The molecule has 0 aromatic rings. The third kappa shape index (κ3) is 5.09. The van der Waals surface area contributed by atoms with E-state index in [2.05, 4.69) is 5.32 Å². The number of carbonyl (C=O) groups is 1. The Bertz CT molecular complexity index is 137. The first-order chi connectivity index (χ1) is 5.57.